The molecule has 2 N–H and O–H groups in total. The third kappa shape index (κ3) is 3.84. The van der Waals surface area contributed by atoms with Crippen LogP contribution < -0.4 is 5.32 Å². The molecule has 1 heterocycles. The van der Waals surface area contributed by atoms with E-state index in [0.717, 1.165) is 30.5 Å². The van der Waals surface area contributed by atoms with Crippen molar-refractivity contribution in [1.82, 2.24) is 9.88 Å². The number of benzene rings is 2. The van der Waals surface area contributed by atoms with E-state index in [9.17, 15) is 9.18 Å². The maximum atomic E-state index is 13.0. The third-order valence-corrected chi connectivity index (χ3v) is 5.26. The van der Waals surface area contributed by atoms with Gasteiger partial charge in [-0.1, -0.05) is 6.07 Å². The first kappa shape index (κ1) is 19.4. The van der Waals surface area contributed by atoms with Crippen LogP contribution in [0.1, 0.15) is 28.0 Å². The molecule has 1 atom stereocenters. The largest absolute Gasteiger partial charge is 0.358 e. The molecule has 6 heteroatoms. The Morgan fingerprint density at radius 1 is 1.19 bits per heavy atom. The van der Waals surface area contributed by atoms with E-state index in [2.05, 4.69) is 35.4 Å². The fraction of sp³-hybridized carbons (Fsp3) is 0.286. The van der Waals surface area contributed by atoms with Gasteiger partial charge in [0.1, 0.15) is 5.82 Å². The molecule has 0 saturated heterocycles. The number of nitrogens with one attached hydrogen (secondary N) is 2. The van der Waals surface area contributed by atoms with E-state index in [-0.39, 0.29) is 24.1 Å². The average molecular weight is 388 g/mol. The Morgan fingerprint density at radius 2 is 1.93 bits per heavy atom. The molecule has 0 radical (unpaired) electrons. The van der Waals surface area contributed by atoms with E-state index in [1.807, 2.05) is 12.1 Å². The SMILES string of the molecule is CN(C)[C@H]1CCc2c([nH]c3cc(NC(=O)c4ccc(F)cc4)ccc23)C1.Cl. The number of H-pyrrole nitrogens is 1. The molecular weight excluding hydrogens is 365 g/mol. The van der Waals surface area contributed by atoms with Crippen molar-refractivity contribution >= 4 is 34.9 Å². The predicted molar refractivity (Wildman–Crippen MR) is 109 cm³/mol. The molecule has 2 aromatic carbocycles. The number of halogens is 2. The van der Waals surface area contributed by atoms with Crippen molar-refractivity contribution in [2.24, 2.45) is 0 Å². The van der Waals surface area contributed by atoms with E-state index >= 15 is 0 Å². The second-order valence-corrected chi connectivity index (χ2v) is 7.16. The average Bonchev–Trinajstić information content (AvgIpc) is 2.98. The number of aromatic amines is 1. The molecule has 142 valence electrons. The molecule has 1 aliphatic carbocycles. The lowest BCUT2D eigenvalue weighted by molar-refractivity contribution is 0.102. The number of anilines is 1. The van der Waals surface area contributed by atoms with Crippen molar-refractivity contribution in [1.29, 1.82) is 0 Å². The maximum absolute atomic E-state index is 13.0. The topological polar surface area (TPSA) is 48.1 Å². The zero-order valence-corrected chi connectivity index (χ0v) is 16.2. The van der Waals surface area contributed by atoms with Crippen LogP contribution in [-0.2, 0) is 12.8 Å². The second kappa shape index (κ2) is 7.71. The van der Waals surface area contributed by atoms with Gasteiger partial charge in [0, 0.05) is 40.3 Å². The maximum Gasteiger partial charge on any atom is 0.255 e. The van der Waals surface area contributed by atoms with Gasteiger partial charge in [0.2, 0.25) is 0 Å². The Hall–Kier alpha value is -2.37. The summed E-state index contributed by atoms with van der Waals surface area (Å²) in [6.45, 7) is 0. The number of nitrogens with zero attached hydrogens (tertiary/aromatic N) is 1. The summed E-state index contributed by atoms with van der Waals surface area (Å²) in [6, 6.07) is 12.1. The zero-order chi connectivity index (χ0) is 18.3. The summed E-state index contributed by atoms with van der Waals surface area (Å²) in [5, 5.41) is 4.12. The molecule has 4 nitrogen and oxygen atoms in total. The first-order valence-electron chi connectivity index (χ1n) is 8.88. The number of carbonyl (C=O) groups excluding carboxylic acids is 1. The summed E-state index contributed by atoms with van der Waals surface area (Å²) in [5.41, 5.74) is 4.91. The highest BCUT2D eigenvalue weighted by atomic mass is 35.5. The molecule has 1 amide bonds. The lowest BCUT2D eigenvalue weighted by Crippen LogP contribution is -2.33. The lowest BCUT2D eigenvalue weighted by Gasteiger charge is -2.28. The first-order chi connectivity index (χ1) is 12.5. The summed E-state index contributed by atoms with van der Waals surface area (Å²) in [5.74, 6) is -0.593. The second-order valence-electron chi connectivity index (χ2n) is 7.16. The number of hydrogen-bond donors (Lipinski definition) is 2. The van der Waals surface area contributed by atoms with E-state index in [1.165, 1.54) is 40.9 Å². The number of fused-ring (bicyclic) bond motifs is 3. The summed E-state index contributed by atoms with van der Waals surface area (Å²) in [4.78, 5) is 18.1. The minimum atomic E-state index is -0.351. The molecule has 0 saturated carbocycles. The molecule has 27 heavy (non-hydrogen) atoms. The molecule has 0 aliphatic heterocycles. The monoisotopic (exact) mass is 387 g/mol. The molecule has 1 aliphatic rings. The fourth-order valence-electron chi connectivity index (χ4n) is 3.74. The predicted octanol–water partition coefficient (Wildman–Crippen LogP) is 4.40. The van der Waals surface area contributed by atoms with Crippen LogP contribution in [0.15, 0.2) is 42.5 Å². The third-order valence-electron chi connectivity index (χ3n) is 5.26. The molecule has 0 unspecified atom stereocenters. The van der Waals surface area contributed by atoms with Gasteiger partial charge in [-0.05, 0) is 68.9 Å². The molecule has 4 rings (SSSR count). The Kier molecular flexibility index (Phi) is 5.53. The summed E-state index contributed by atoms with van der Waals surface area (Å²) < 4.78 is 13.0. The Balaban J connectivity index is 0.00000210. The molecule has 0 fully saturated rings. The molecule has 3 aromatic rings. The van der Waals surface area contributed by atoms with Crippen molar-refractivity contribution in [2.75, 3.05) is 19.4 Å². The van der Waals surface area contributed by atoms with Crippen LogP contribution in [0.25, 0.3) is 10.9 Å². The van der Waals surface area contributed by atoms with Gasteiger partial charge >= 0.3 is 0 Å². The van der Waals surface area contributed by atoms with Crippen LogP contribution in [0.4, 0.5) is 10.1 Å². The Labute approximate surface area is 164 Å². The standard InChI is InChI=1S/C21H22FN3O.ClH/c1-25(2)16-8-10-18-17-9-7-15(11-19(17)24-20(18)12-16)23-21(26)13-3-5-14(22)6-4-13;/h3-7,9,11,16,24H,8,10,12H2,1-2H3,(H,23,26);1H/t16-;/m0./s1. The molecule has 1 aromatic heterocycles. The number of hydrogen-bond acceptors (Lipinski definition) is 2. The van der Waals surface area contributed by atoms with E-state index in [1.54, 1.807) is 0 Å². The van der Waals surface area contributed by atoms with Crippen LogP contribution in [0.3, 0.4) is 0 Å². The van der Waals surface area contributed by atoms with Crippen LogP contribution in [0.2, 0.25) is 0 Å². The minimum absolute atomic E-state index is 0. The van der Waals surface area contributed by atoms with Crippen LogP contribution in [-0.4, -0.2) is 35.9 Å². The van der Waals surface area contributed by atoms with Gasteiger partial charge in [-0.25, -0.2) is 4.39 Å². The quantitative estimate of drug-likeness (QED) is 0.699. The smallest absolute Gasteiger partial charge is 0.255 e. The number of aromatic nitrogens is 1. The van der Waals surface area contributed by atoms with Crippen molar-refractivity contribution < 1.29 is 9.18 Å². The molecule has 0 spiro atoms. The van der Waals surface area contributed by atoms with Gasteiger partial charge in [0.25, 0.3) is 5.91 Å². The van der Waals surface area contributed by atoms with E-state index in [0.29, 0.717) is 11.6 Å². The number of likely N-dealkylation sites (N-methyl/N-ethyl adjacent to an activating group) is 1. The van der Waals surface area contributed by atoms with Gasteiger partial charge in [0.15, 0.2) is 0 Å². The number of aryl methyl sites for hydroxylation is 1. The highest BCUT2D eigenvalue weighted by Crippen LogP contribution is 2.31. The zero-order valence-electron chi connectivity index (χ0n) is 15.4. The Morgan fingerprint density at radius 3 is 2.63 bits per heavy atom. The number of carbonyl (C=O) groups is 1. The van der Waals surface area contributed by atoms with Crippen molar-refractivity contribution in [3.63, 3.8) is 0 Å². The number of rotatable bonds is 3. The van der Waals surface area contributed by atoms with E-state index in [4.69, 9.17) is 0 Å². The molecular formula is C21H23ClFN3O. The van der Waals surface area contributed by atoms with Crippen LogP contribution in [0, 0.1) is 5.82 Å². The van der Waals surface area contributed by atoms with Crippen molar-refractivity contribution in [2.45, 2.75) is 25.3 Å². The Bertz CT molecular complexity index is 965. The van der Waals surface area contributed by atoms with Crippen molar-refractivity contribution in [3.05, 3.63) is 65.1 Å². The normalized spacial score (nSPS) is 16.1. The summed E-state index contributed by atoms with van der Waals surface area (Å²) >= 11 is 0. The number of amides is 1. The fourth-order valence-corrected chi connectivity index (χ4v) is 3.74. The van der Waals surface area contributed by atoms with Gasteiger partial charge in [0.05, 0.1) is 0 Å². The lowest BCUT2D eigenvalue weighted by atomic mass is 9.91. The van der Waals surface area contributed by atoms with Gasteiger partial charge in [-0.3, -0.25) is 4.79 Å². The van der Waals surface area contributed by atoms with Crippen LogP contribution in [0.5, 0.6) is 0 Å². The first-order valence-corrected chi connectivity index (χ1v) is 8.88. The molecule has 0 bridgehead atoms. The highest BCUT2D eigenvalue weighted by Gasteiger charge is 2.23. The van der Waals surface area contributed by atoms with Gasteiger partial charge in [-0.15, -0.1) is 12.4 Å². The van der Waals surface area contributed by atoms with Gasteiger partial charge < -0.3 is 15.2 Å². The van der Waals surface area contributed by atoms with E-state index < -0.39 is 0 Å². The van der Waals surface area contributed by atoms with Crippen molar-refractivity contribution in [3.8, 4) is 0 Å². The summed E-state index contributed by atoms with van der Waals surface area (Å²) in [7, 11) is 4.25. The summed E-state index contributed by atoms with van der Waals surface area (Å²) in [6.07, 6.45) is 3.25. The van der Waals surface area contributed by atoms with Gasteiger partial charge in [-0.2, -0.15) is 0 Å². The highest BCUT2D eigenvalue weighted by molar-refractivity contribution is 6.05. The minimum Gasteiger partial charge on any atom is -0.358 e. The van der Waals surface area contributed by atoms with Crippen LogP contribution >= 0.6 is 12.4 Å².